The zero-order chi connectivity index (χ0) is 27.8. The molecule has 0 aliphatic heterocycles. The van der Waals surface area contributed by atoms with Gasteiger partial charge in [-0.2, -0.15) is 0 Å². The van der Waals surface area contributed by atoms with Gasteiger partial charge < -0.3 is 32.7 Å². The van der Waals surface area contributed by atoms with Gasteiger partial charge in [-0.25, -0.2) is 0 Å². The molecule has 0 aliphatic rings. The van der Waals surface area contributed by atoms with Crippen LogP contribution in [0.1, 0.15) is 55.5 Å². The molecule has 1 atom stereocenters. The third-order valence-electron chi connectivity index (χ3n) is 4.12. The molecule has 10 nitrogen and oxygen atoms in total. The lowest BCUT2D eigenvalue weighted by Crippen LogP contribution is -2.30. The summed E-state index contributed by atoms with van der Waals surface area (Å²) >= 11 is 0. The van der Waals surface area contributed by atoms with E-state index in [9.17, 15) is 14.4 Å². The fraction of sp³-hybridized carbons (Fsp3) is 0.385. The third kappa shape index (κ3) is 22.2. The van der Waals surface area contributed by atoms with Crippen LogP contribution in [0.2, 0.25) is 0 Å². The van der Waals surface area contributed by atoms with Crippen LogP contribution < -0.4 is 22.5 Å². The van der Waals surface area contributed by atoms with E-state index in [1.165, 1.54) is 5.56 Å². The fourth-order valence-electron chi connectivity index (χ4n) is 2.37. The van der Waals surface area contributed by atoms with E-state index in [0.29, 0.717) is 31.4 Å². The van der Waals surface area contributed by atoms with Crippen LogP contribution in [0.4, 0.5) is 5.69 Å². The van der Waals surface area contributed by atoms with Crippen molar-refractivity contribution in [1.82, 2.24) is 0 Å². The molecular weight excluding hydrogens is 464 g/mol. The minimum absolute atomic E-state index is 0.00588. The zero-order valence-electron chi connectivity index (χ0n) is 21.1. The number of rotatable bonds is 10. The van der Waals surface area contributed by atoms with Crippen LogP contribution in [0.5, 0.6) is 0 Å². The van der Waals surface area contributed by atoms with E-state index in [-0.39, 0.29) is 5.91 Å². The van der Waals surface area contributed by atoms with Gasteiger partial charge in [0.25, 0.3) is 5.97 Å². The molecule has 1 amide bonds. The third-order valence-corrected chi connectivity index (χ3v) is 4.12. The number of carboxylic acid groups (broad SMARTS) is 2. The number of hydrogen-bond acceptors (Lipinski definition) is 7. The van der Waals surface area contributed by atoms with Crippen molar-refractivity contribution in [3.63, 3.8) is 0 Å². The monoisotopic (exact) mass is 504 g/mol. The summed E-state index contributed by atoms with van der Waals surface area (Å²) in [6, 6.07) is 16.3. The molecule has 0 aliphatic carbocycles. The molecule has 9 N–H and O–H groups in total. The van der Waals surface area contributed by atoms with Crippen LogP contribution >= 0.6 is 0 Å². The van der Waals surface area contributed by atoms with Crippen LogP contribution in [0.15, 0.2) is 54.6 Å². The summed E-state index contributed by atoms with van der Waals surface area (Å²) in [5.74, 6) is -1.78. The average Bonchev–Trinajstić information content (AvgIpc) is 2.84. The molecule has 0 bridgehead atoms. The lowest BCUT2D eigenvalue weighted by atomic mass is 10.2. The summed E-state index contributed by atoms with van der Waals surface area (Å²) in [5, 5.41) is 18.4. The van der Waals surface area contributed by atoms with Crippen molar-refractivity contribution in [2.45, 2.75) is 52.0 Å². The number of carboxylic acids is 2. The Kier molecular flexibility index (Phi) is 22.2. The predicted octanol–water partition coefficient (Wildman–Crippen LogP) is 2.65. The molecule has 2 aromatic carbocycles. The SMILES string of the molecule is CC(=O)O.CCCC(=O)Nc1ccc(C=O)cc1.NCCC[C@H](N)C(=O)O.NCCc1ccccc1. The maximum absolute atomic E-state index is 11.2. The highest BCUT2D eigenvalue weighted by molar-refractivity contribution is 5.91. The van der Waals surface area contributed by atoms with E-state index in [2.05, 4.69) is 17.4 Å². The first-order valence-electron chi connectivity index (χ1n) is 11.6. The van der Waals surface area contributed by atoms with Gasteiger partial charge >= 0.3 is 5.97 Å². The number of nitrogens with two attached hydrogens (primary N) is 3. The van der Waals surface area contributed by atoms with Crippen LogP contribution in [-0.2, 0) is 20.8 Å². The lowest BCUT2D eigenvalue weighted by molar-refractivity contribution is -0.138. The van der Waals surface area contributed by atoms with Crippen molar-refractivity contribution in [3.8, 4) is 0 Å². The van der Waals surface area contributed by atoms with Gasteiger partial charge in [-0.3, -0.25) is 19.2 Å². The van der Waals surface area contributed by atoms with Gasteiger partial charge in [-0.15, -0.1) is 0 Å². The van der Waals surface area contributed by atoms with E-state index < -0.39 is 18.0 Å². The smallest absolute Gasteiger partial charge is 0.320 e. The average molecular weight is 505 g/mol. The van der Waals surface area contributed by atoms with Gasteiger partial charge in [0.05, 0.1) is 0 Å². The first-order valence-corrected chi connectivity index (χ1v) is 11.6. The molecule has 2 aromatic rings. The number of aldehydes is 1. The Morgan fingerprint density at radius 1 is 0.972 bits per heavy atom. The highest BCUT2D eigenvalue weighted by Gasteiger charge is 2.08. The van der Waals surface area contributed by atoms with Crippen LogP contribution in [0.25, 0.3) is 0 Å². The minimum atomic E-state index is -0.955. The standard InChI is InChI=1S/C11H13NO2.C8H11N.C5H12N2O2.C2H4O2/c1-2-3-11(14)12-10-6-4-9(8-13)5-7-10;9-7-6-8-4-2-1-3-5-8;6-3-1-2-4(7)5(8)9;1-2(3)4/h4-8H,2-3H2,1H3,(H,12,14);1-5H,6-7,9H2;4H,1-3,6-7H2,(H,8,9);1H3,(H,3,4)/t;;4-;/m..0./s1. The summed E-state index contributed by atoms with van der Waals surface area (Å²) in [6.07, 6.45) is 4.26. The zero-order valence-corrected chi connectivity index (χ0v) is 21.1. The first kappa shape index (κ1) is 34.6. The molecule has 0 fully saturated rings. The van der Waals surface area contributed by atoms with Crippen molar-refractivity contribution in [1.29, 1.82) is 0 Å². The predicted molar refractivity (Wildman–Crippen MR) is 142 cm³/mol. The van der Waals surface area contributed by atoms with Crippen LogP contribution in [-0.4, -0.2) is 53.5 Å². The number of aliphatic carboxylic acids is 2. The molecule has 0 heterocycles. The number of carbonyl (C=O) groups is 4. The molecule has 0 saturated carbocycles. The molecule has 0 saturated heterocycles. The maximum atomic E-state index is 11.2. The number of amides is 1. The Labute approximate surface area is 212 Å². The van der Waals surface area contributed by atoms with E-state index >= 15 is 0 Å². The Bertz CT molecular complexity index is 856. The van der Waals surface area contributed by atoms with Gasteiger partial charge in [0.1, 0.15) is 12.3 Å². The van der Waals surface area contributed by atoms with Gasteiger partial charge in [-0.05, 0) is 68.6 Å². The van der Waals surface area contributed by atoms with E-state index in [1.807, 2.05) is 25.1 Å². The molecule has 2 rings (SSSR count). The van der Waals surface area contributed by atoms with Crippen molar-refractivity contribution in [3.05, 3.63) is 65.7 Å². The van der Waals surface area contributed by atoms with Gasteiger partial charge in [0, 0.05) is 24.6 Å². The number of anilines is 1. The van der Waals surface area contributed by atoms with Gasteiger partial charge in [-0.1, -0.05) is 37.3 Å². The van der Waals surface area contributed by atoms with Gasteiger partial charge in [0.15, 0.2) is 0 Å². The second-order valence-electron chi connectivity index (χ2n) is 7.46. The fourth-order valence-corrected chi connectivity index (χ4v) is 2.37. The number of carbonyl (C=O) groups excluding carboxylic acids is 2. The molecular formula is C26H40N4O6. The van der Waals surface area contributed by atoms with E-state index in [0.717, 1.165) is 38.3 Å². The topological polar surface area (TPSA) is 199 Å². The quantitative estimate of drug-likeness (QED) is 0.263. The molecule has 10 heteroatoms. The maximum Gasteiger partial charge on any atom is 0.320 e. The van der Waals surface area contributed by atoms with E-state index in [1.54, 1.807) is 24.3 Å². The molecule has 0 spiro atoms. The summed E-state index contributed by atoms with van der Waals surface area (Å²) in [4.78, 5) is 40.6. The lowest BCUT2D eigenvalue weighted by Gasteiger charge is -2.03. The Morgan fingerprint density at radius 2 is 1.53 bits per heavy atom. The number of nitrogens with one attached hydrogen (secondary N) is 1. The van der Waals surface area contributed by atoms with Crippen molar-refractivity contribution >= 4 is 29.8 Å². The number of benzene rings is 2. The summed E-state index contributed by atoms with van der Waals surface area (Å²) in [5.41, 5.74) is 18.3. The van der Waals surface area contributed by atoms with Crippen LogP contribution in [0, 0.1) is 0 Å². The molecule has 0 unspecified atom stereocenters. The second kappa shape index (κ2) is 23.2. The minimum Gasteiger partial charge on any atom is -0.481 e. The number of hydrogen-bond donors (Lipinski definition) is 6. The summed E-state index contributed by atoms with van der Waals surface area (Å²) in [7, 11) is 0. The molecule has 0 radical (unpaired) electrons. The summed E-state index contributed by atoms with van der Waals surface area (Å²) in [6.45, 7) is 4.28. The summed E-state index contributed by atoms with van der Waals surface area (Å²) < 4.78 is 0. The van der Waals surface area contributed by atoms with Gasteiger partial charge in [0.2, 0.25) is 5.91 Å². The van der Waals surface area contributed by atoms with Crippen LogP contribution in [0.3, 0.4) is 0 Å². The van der Waals surface area contributed by atoms with Crippen molar-refractivity contribution in [2.24, 2.45) is 17.2 Å². The molecule has 200 valence electrons. The first-order chi connectivity index (χ1) is 17.1. The van der Waals surface area contributed by atoms with E-state index in [4.69, 9.17) is 32.2 Å². The van der Waals surface area contributed by atoms with Crippen molar-refractivity contribution < 1.29 is 29.4 Å². The normalized spacial score (nSPS) is 10.0. The Morgan fingerprint density at radius 3 is 1.94 bits per heavy atom. The van der Waals surface area contributed by atoms with Crippen molar-refractivity contribution in [2.75, 3.05) is 18.4 Å². The Balaban J connectivity index is 0. The highest BCUT2D eigenvalue weighted by atomic mass is 16.4. The Hall–Kier alpha value is -3.60. The molecule has 36 heavy (non-hydrogen) atoms. The molecule has 0 aromatic heterocycles. The largest absolute Gasteiger partial charge is 0.481 e. The second-order valence-corrected chi connectivity index (χ2v) is 7.46. The highest BCUT2D eigenvalue weighted by Crippen LogP contribution is 2.08.